The zero-order chi connectivity index (χ0) is 18.6. The highest BCUT2D eigenvalue weighted by Gasteiger charge is 2.42. The van der Waals surface area contributed by atoms with Crippen molar-refractivity contribution in [3.05, 3.63) is 108 Å². The number of nitrogens with two attached hydrogens (primary N) is 1. The van der Waals surface area contributed by atoms with E-state index in [1.165, 1.54) is 16.7 Å². The molecule has 0 bridgehead atoms. The van der Waals surface area contributed by atoms with Crippen LogP contribution in [0.4, 0.5) is 0 Å². The van der Waals surface area contributed by atoms with Crippen molar-refractivity contribution in [3.63, 3.8) is 0 Å². The molecule has 1 aliphatic rings. The summed E-state index contributed by atoms with van der Waals surface area (Å²) in [7, 11) is 0. The summed E-state index contributed by atoms with van der Waals surface area (Å²) in [6.07, 6.45) is 0. The second-order valence-corrected chi connectivity index (χ2v) is 7.40. The summed E-state index contributed by atoms with van der Waals surface area (Å²) < 4.78 is 5.49. The lowest BCUT2D eigenvalue weighted by Crippen LogP contribution is -2.58. The first-order valence-corrected chi connectivity index (χ1v) is 9.49. The fourth-order valence-corrected chi connectivity index (χ4v) is 3.87. The van der Waals surface area contributed by atoms with E-state index >= 15 is 0 Å². The Kier molecular flexibility index (Phi) is 5.08. The van der Waals surface area contributed by atoms with Crippen molar-refractivity contribution in [1.29, 1.82) is 0 Å². The van der Waals surface area contributed by atoms with Crippen LogP contribution in [0.1, 0.15) is 16.7 Å². The van der Waals surface area contributed by atoms with Crippen molar-refractivity contribution in [2.24, 2.45) is 11.1 Å². The second kappa shape index (κ2) is 7.65. The zero-order valence-electron chi connectivity index (χ0n) is 15.5. The fourth-order valence-electron chi connectivity index (χ4n) is 3.87. The average Bonchev–Trinajstić information content (AvgIpc) is 2.72. The van der Waals surface area contributed by atoms with Crippen LogP contribution < -0.4 is 11.1 Å². The van der Waals surface area contributed by atoms with Crippen molar-refractivity contribution < 1.29 is 4.74 Å². The van der Waals surface area contributed by atoms with Gasteiger partial charge in [0.1, 0.15) is 0 Å². The summed E-state index contributed by atoms with van der Waals surface area (Å²) in [5.74, 6) is 0. The Morgan fingerprint density at radius 3 is 1.44 bits per heavy atom. The molecule has 0 atom stereocenters. The first-order valence-electron chi connectivity index (χ1n) is 9.49. The standard InChI is InChI=1S/C24H26N2O/c25-16-23(18-27-19-23)17-26-24(20-10-4-1-5-11-20,21-12-6-2-7-13-21)22-14-8-3-9-15-22/h1-15,26H,16-19,25H2. The average molecular weight is 358 g/mol. The second-order valence-electron chi connectivity index (χ2n) is 7.40. The van der Waals surface area contributed by atoms with Gasteiger partial charge in [-0.15, -0.1) is 0 Å². The number of hydrogen-bond acceptors (Lipinski definition) is 3. The maximum atomic E-state index is 6.09. The van der Waals surface area contributed by atoms with Gasteiger partial charge in [-0.3, -0.25) is 5.32 Å². The molecule has 27 heavy (non-hydrogen) atoms. The molecule has 4 rings (SSSR count). The molecule has 3 aromatic rings. The number of nitrogens with one attached hydrogen (secondary N) is 1. The van der Waals surface area contributed by atoms with E-state index in [2.05, 4.69) is 96.3 Å². The van der Waals surface area contributed by atoms with Crippen LogP contribution in [0, 0.1) is 5.41 Å². The van der Waals surface area contributed by atoms with Gasteiger partial charge in [0, 0.05) is 18.5 Å². The molecule has 1 heterocycles. The largest absolute Gasteiger partial charge is 0.380 e. The minimum Gasteiger partial charge on any atom is -0.380 e. The van der Waals surface area contributed by atoms with Crippen LogP contribution in [0.2, 0.25) is 0 Å². The molecule has 0 unspecified atom stereocenters. The highest BCUT2D eigenvalue weighted by atomic mass is 16.5. The van der Waals surface area contributed by atoms with Crippen LogP contribution in [0.15, 0.2) is 91.0 Å². The maximum Gasteiger partial charge on any atom is 0.0948 e. The van der Waals surface area contributed by atoms with E-state index in [4.69, 9.17) is 10.5 Å². The molecule has 0 aliphatic carbocycles. The summed E-state index contributed by atoms with van der Waals surface area (Å²) in [6, 6.07) is 31.9. The Hall–Kier alpha value is -2.46. The number of hydrogen-bond donors (Lipinski definition) is 2. The molecule has 3 aromatic carbocycles. The van der Waals surface area contributed by atoms with Crippen LogP contribution in [0.3, 0.4) is 0 Å². The summed E-state index contributed by atoms with van der Waals surface area (Å²) in [5.41, 5.74) is 9.31. The molecule has 0 amide bonds. The third kappa shape index (κ3) is 3.30. The van der Waals surface area contributed by atoms with Gasteiger partial charge in [0.15, 0.2) is 0 Å². The molecule has 3 nitrogen and oxygen atoms in total. The molecule has 1 aliphatic heterocycles. The Bertz CT molecular complexity index is 743. The molecular weight excluding hydrogens is 332 g/mol. The number of ether oxygens (including phenoxy) is 1. The predicted molar refractivity (Wildman–Crippen MR) is 110 cm³/mol. The highest BCUT2D eigenvalue weighted by Crippen LogP contribution is 2.38. The lowest BCUT2D eigenvalue weighted by molar-refractivity contribution is -0.106. The molecule has 3 N–H and O–H groups in total. The Morgan fingerprint density at radius 1 is 0.741 bits per heavy atom. The molecule has 1 saturated heterocycles. The number of rotatable bonds is 7. The molecular formula is C24H26N2O. The minimum absolute atomic E-state index is 0.00356. The van der Waals surface area contributed by atoms with Gasteiger partial charge in [-0.25, -0.2) is 0 Å². The van der Waals surface area contributed by atoms with Crippen LogP contribution in [-0.4, -0.2) is 26.3 Å². The summed E-state index contributed by atoms with van der Waals surface area (Å²) in [5, 5.41) is 3.92. The van der Waals surface area contributed by atoms with Crippen LogP contribution in [0.25, 0.3) is 0 Å². The van der Waals surface area contributed by atoms with Crippen molar-refractivity contribution in [1.82, 2.24) is 5.32 Å². The first kappa shape index (κ1) is 17.9. The maximum absolute atomic E-state index is 6.09. The molecule has 1 fully saturated rings. The summed E-state index contributed by atoms with van der Waals surface area (Å²) in [4.78, 5) is 0. The molecule has 138 valence electrons. The topological polar surface area (TPSA) is 47.3 Å². The Labute approximate surface area is 161 Å². The molecule has 0 spiro atoms. The van der Waals surface area contributed by atoms with Gasteiger partial charge in [0.05, 0.1) is 18.8 Å². The SMILES string of the molecule is NCC1(CNC(c2ccccc2)(c2ccccc2)c2ccccc2)COC1. The monoisotopic (exact) mass is 358 g/mol. The van der Waals surface area contributed by atoms with Crippen molar-refractivity contribution in [2.45, 2.75) is 5.54 Å². The van der Waals surface area contributed by atoms with Gasteiger partial charge < -0.3 is 10.5 Å². The van der Waals surface area contributed by atoms with Gasteiger partial charge in [-0.1, -0.05) is 91.0 Å². The third-order valence-corrected chi connectivity index (χ3v) is 5.60. The summed E-state index contributed by atoms with van der Waals surface area (Å²) in [6.45, 7) is 2.84. The lowest BCUT2D eigenvalue weighted by Gasteiger charge is -2.45. The van der Waals surface area contributed by atoms with Gasteiger partial charge in [0.2, 0.25) is 0 Å². The van der Waals surface area contributed by atoms with Crippen molar-refractivity contribution in [3.8, 4) is 0 Å². The Morgan fingerprint density at radius 2 is 1.15 bits per heavy atom. The third-order valence-electron chi connectivity index (χ3n) is 5.60. The van der Waals surface area contributed by atoms with E-state index in [0.717, 1.165) is 6.54 Å². The van der Waals surface area contributed by atoms with Crippen LogP contribution >= 0.6 is 0 Å². The van der Waals surface area contributed by atoms with E-state index in [9.17, 15) is 0 Å². The molecule has 3 heteroatoms. The van der Waals surface area contributed by atoms with Crippen LogP contribution in [0.5, 0.6) is 0 Å². The van der Waals surface area contributed by atoms with E-state index in [1.807, 2.05) is 0 Å². The van der Waals surface area contributed by atoms with Crippen molar-refractivity contribution in [2.75, 3.05) is 26.3 Å². The van der Waals surface area contributed by atoms with E-state index in [-0.39, 0.29) is 5.41 Å². The quantitative estimate of drug-likeness (QED) is 0.635. The molecule has 0 radical (unpaired) electrons. The smallest absolute Gasteiger partial charge is 0.0948 e. The zero-order valence-corrected chi connectivity index (χ0v) is 15.5. The first-order chi connectivity index (χ1) is 13.3. The van der Waals surface area contributed by atoms with E-state index < -0.39 is 5.54 Å². The van der Waals surface area contributed by atoms with Gasteiger partial charge in [-0.2, -0.15) is 0 Å². The van der Waals surface area contributed by atoms with Crippen molar-refractivity contribution >= 4 is 0 Å². The minimum atomic E-state index is -0.443. The predicted octanol–water partition coefficient (Wildman–Crippen LogP) is 3.54. The van der Waals surface area contributed by atoms with Crippen LogP contribution in [-0.2, 0) is 10.3 Å². The molecule has 0 aromatic heterocycles. The van der Waals surface area contributed by atoms with E-state index in [0.29, 0.717) is 19.8 Å². The van der Waals surface area contributed by atoms with Gasteiger partial charge in [0.25, 0.3) is 0 Å². The fraction of sp³-hybridized carbons (Fsp3) is 0.250. The highest BCUT2D eigenvalue weighted by molar-refractivity contribution is 5.49. The number of benzene rings is 3. The molecule has 0 saturated carbocycles. The van der Waals surface area contributed by atoms with Gasteiger partial charge >= 0.3 is 0 Å². The van der Waals surface area contributed by atoms with Gasteiger partial charge in [-0.05, 0) is 16.7 Å². The van der Waals surface area contributed by atoms with E-state index in [1.54, 1.807) is 0 Å². The lowest BCUT2D eigenvalue weighted by atomic mass is 9.75. The Balaban J connectivity index is 1.86. The normalized spacial score (nSPS) is 15.9. The summed E-state index contributed by atoms with van der Waals surface area (Å²) >= 11 is 0.